The molecule has 0 fully saturated rings. The van der Waals surface area contributed by atoms with Crippen LogP contribution in [0.15, 0.2) is 61.2 Å². The fourth-order valence-electron chi connectivity index (χ4n) is 3.46. The van der Waals surface area contributed by atoms with Gasteiger partial charge < -0.3 is 9.47 Å². The van der Waals surface area contributed by atoms with Crippen molar-refractivity contribution < 1.29 is 14.3 Å². The van der Waals surface area contributed by atoms with E-state index in [0.29, 0.717) is 26.4 Å². The van der Waals surface area contributed by atoms with Gasteiger partial charge in [-0.15, -0.1) is 11.3 Å². The Hall–Kier alpha value is -2.49. The molecule has 3 aromatic rings. The predicted molar refractivity (Wildman–Crippen MR) is 125 cm³/mol. The lowest BCUT2D eigenvalue weighted by Crippen LogP contribution is -2.39. The van der Waals surface area contributed by atoms with Crippen LogP contribution in [-0.2, 0) is 9.53 Å². The molecule has 4 rings (SSSR count). The first kappa shape index (κ1) is 21.7. The molecule has 0 bridgehead atoms. The zero-order valence-electron chi connectivity index (χ0n) is 17.0. The molecule has 1 aliphatic heterocycles. The number of esters is 1. The van der Waals surface area contributed by atoms with Gasteiger partial charge in [-0.05, 0) is 65.0 Å². The topological polar surface area (TPSA) is 69.9 Å². The predicted octanol–water partition coefficient (Wildman–Crippen LogP) is 3.63. The normalized spacial score (nSPS) is 16.1. The summed E-state index contributed by atoms with van der Waals surface area (Å²) in [5.74, 6) is 0.181. The van der Waals surface area contributed by atoms with Crippen LogP contribution in [0.2, 0.25) is 0 Å². The maximum Gasteiger partial charge on any atom is 0.338 e. The maximum atomic E-state index is 13.4. The van der Waals surface area contributed by atoms with Gasteiger partial charge in [-0.1, -0.05) is 23.5 Å². The van der Waals surface area contributed by atoms with Crippen LogP contribution in [0.5, 0.6) is 5.75 Å². The lowest BCUT2D eigenvalue weighted by atomic mass is 9.96. The summed E-state index contributed by atoms with van der Waals surface area (Å²) in [7, 11) is 1.58. The van der Waals surface area contributed by atoms with Crippen molar-refractivity contribution in [3.05, 3.63) is 81.6 Å². The molecule has 6 nitrogen and oxygen atoms in total. The summed E-state index contributed by atoms with van der Waals surface area (Å²) < 4.78 is 13.5. The number of halogens is 1. The molecule has 9 heteroatoms. The number of fused-ring (bicyclic) bond motifs is 1. The number of carbonyl (C=O) groups is 1. The van der Waals surface area contributed by atoms with Gasteiger partial charge in [0.1, 0.15) is 5.75 Å². The highest BCUT2D eigenvalue weighted by atomic mass is 79.9. The Balaban J connectivity index is 1.97. The Labute approximate surface area is 194 Å². The SMILES string of the molecule is CCOC(=O)C1=C(C)N=c2s/c(=C\c3cccs3)c(=O)n2C1c1ccc(OC)c(Br)c1. The summed E-state index contributed by atoms with van der Waals surface area (Å²) in [5, 5.41) is 1.96. The standard InChI is InChI=1S/C22H19BrN2O4S2/c1-4-29-21(27)18-12(2)24-22-25(19(18)13-7-8-16(28-3)15(23)10-13)20(26)17(31-22)11-14-6-5-9-30-14/h5-11,19H,4H2,1-3H3/b17-11-. The monoisotopic (exact) mass is 518 g/mol. The minimum Gasteiger partial charge on any atom is -0.496 e. The second-order valence-corrected chi connectivity index (χ2v) is 9.55. The van der Waals surface area contributed by atoms with E-state index >= 15 is 0 Å². The van der Waals surface area contributed by atoms with Crippen LogP contribution >= 0.6 is 38.6 Å². The summed E-state index contributed by atoms with van der Waals surface area (Å²) in [5.41, 5.74) is 1.46. The average Bonchev–Trinajstić information content (AvgIpc) is 3.35. The summed E-state index contributed by atoms with van der Waals surface area (Å²) in [6.45, 7) is 3.76. The first-order valence-electron chi connectivity index (χ1n) is 9.51. The number of rotatable bonds is 5. The van der Waals surface area contributed by atoms with Gasteiger partial charge in [0.25, 0.3) is 5.56 Å². The maximum absolute atomic E-state index is 13.4. The largest absolute Gasteiger partial charge is 0.496 e. The first-order chi connectivity index (χ1) is 14.9. The minimum atomic E-state index is -0.650. The van der Waals surface area contributed by atoms with E-state index in [9.17, 15) is 9.59 Å². The number of nitrogens with zero attached hydrogens (tertiary/aromatic N) is 2. The van der Waals surface area contributed by atoms with Gasteiger partial charge in [-0.25, -0.2) is 9.79 Å². The third-order valence-corrected chi connectivity index (χ3v) is 7.25. The zero-order valence-corrected chi connectivity index (χ0v) is 20.3. The molecule has 0 spiro atoms. The van der Waals surface area contributed by atoms with E-state index in [1.54, 1.807) is 42.9 Å². The summed E-state index contributed by atoms with van der Waals surface area (Å²) in [6.07, 6.45) is 1.86. The molecule has 0 amide bonds. The number of allylic oxidation sites excluding steroid dienone is 1. The van der Waals surface area contributed by atoms with E-state index in [2.05, 4.69) is 20.9 Å². The smallest absolute Gasteiger partial charge is 0.338 e. The first-order valence-corrected chi connectivity index (χ1v) is 12.0. The van der Waals surface area contributed by atoms with Gasteiger partial charge in [0.05, 0.1) is 40.0 Å². The number of methoxy groups -OCH3 is 1. The van der Waals surface area contributed by atoms with E-state index in [0.717, 1.165) is 14.9 Å². The molecular weight excluding hydrogens is 500 g/mol. The van der Waals surface area contributed by atoms with Crippen molar-refractivity contribution in [2.24, 2.45) is 4.99 Å². The van der Waals surface area contributed by atoms with Gasteiger partial charge in [-0.2, -0.15) is 0 Å². The number of benzene rings is 1. The van der Waals surface area contributed by atoms with Gasteiger partial charge >= 0.3 is 5.97 Å². The molecule has 1 atom stereocenters. The van der Waals surface area contributed by atoms with Crippen LogP contribution in [0.25, 0.3) is 6.08 Å². The van der Waals surface area contributed by atoms with Crippen molar-refractivity contribution in [1.29, 1.82) is 0 Å². The quantitative estimate of drug-likeness (QED) is 0.483. The molecule has 31 heavy (non-hydrogen) atoms. The molecule has 0 saturated heterocycles. The van der Waals surface area contributed by atoms with E-state index in [4.69, 9.17) is 9.47 Å². The number of aromatic nitrogens is 1. The second-order valence-electron chi connectivity index (χ2n) is 6.71. The molecule has 2 aromatic heterocycles. The average molecular weight is 519 g/mol. The number of carbonyl (C=O) groups excluding carboxylic acids is 1. The molecule has 1 aromatic carbocycles. The van der Waals surface area contributed by atoms with Crippen LogP contribution in [0.4, 0.5) is 0 Å². The third-order valence-electron chi connectivity index (χ3n) is 4.83. The van der Waals surface area contributed by atoms with Crippen LogP contribution < -0.4 is 19.6 Å². The van der Waals surface area contributed by atoms with Gasteiger partial charge in [0.2, 0.25) is 0 Å². The van der Waals surface area contributed by atoms with E-state index in [1.807, 2.05) is 35.7 Å². The highest BCUT2D eigenvalue weighted by Gasteiger charge is 2.33. The molecule has 3 heterocycles. The van der Waals surface area contributed by atoms with Gasteiger partial charge in [0, 0.05) is 4.88 Å². The number of ether oxygens (including phenoxy) is 2. The molecule has 0 aliphatic carbocycles. The Kier molecular flexibility index (Phi) is 6.27. The second kappa shape index (κ2) is 8.94. The zero-order chi connectivity index (χ0) is 22.1. The Bertz CT molecular complexity index is 1350. The lowest BCUT2D eigenvalue weighted by Gasteiger charge is -2.25. The number of thiophene rings is 1. The summed E-state index contributed by atoms with van der Waals surface area (Å²) >= 11 is 6.38. The van der Waals surface area contributed by atoms with E-state index < -0.39 is 12.0 Å². The molecule has 160 valence electrons. The van der Waals surface area contributed by atoms with Gasteiger partial charge in [0.15, 0.2) is 4.80 Å². The van der Waals surface area contributed by atoms with Crippen LogP contribution in [0.3, 0.4) is 0 Å². The summed E-state index contributed by atoms with van der Waals surface area (Å²) in [4.78, 5) is 32.4. The van der Waals surface area contributed by atoms with Crippen LogP contribution in [-0.4, -0.2) is 24.3 Å². The Morgan fingerprint density at radius 1 is 1.35 bits per heavy atom. The van der Waals surface area contributed by atoms with Crippen molar-refractivity contribution in [2.45, 2.75) is 19.9 Å². The molecule has 0 saturated carbocycles. The van der Waals surface area contributed by atoms with Crippen molar-refractivity contribution in [1.82, 2.24) is 4.57 Å². The van der Waals surface area contributed by atoms with E-state index in [-0.39, 0.29) is 12.2 Å². The lowest BCUT2D eigenvalue weighted by molar-refractivity contribution is -0.139. The van der Waals surface area contributed by atoms with Crippen molar-refractivity contribution in [3.63, 3.8) is 0 Å². The molecule has 0 radical (unpaired) electrons. The highest BCUT2D eigenvalue weighted by molar-refractivity contribution is 9.10. The number of thiazole rings is 1. The van der Waals surface area contributed by atoms with Crippen molar-refractivity contribution >= 4 is 50.6 Å². The number of hydrogen-bond acceptors (Lipinski definition) is 7. The van der Waals surface area contributed by atoms with Crippen LogP contribution in [0.1, 0.15) is 30.3 Å². The Morgan fingerprint density at radius 2 is 2.16 bits per heavy atom. The molecular formula is C22H19BrN2O4S2. The fourth-order valence-corrected chi connectivity index (χ4v) is 5.79. The fraction of sp³-hybridized carbons (Fsp3) is 0.227. The van der Waals surface area contributed by atoms with E-state index in [1.165, 1.54) is 11.3 Å². The Morgan fingerprint density at radius 3 is 2.81 bits per heavy atom. The minimum absolute atomic E-state index is 0.191. The van der Waals surface area contributed by atoms with Crippen molar-refractivity contribution in [2.75, 3.05) is 13.7 Å². The van der Waals surface area contributed by atoms with Crippen LogP contribution in [0, 0.1) is 0 Å². The van der Waals surface area contributed by atoms with Gasteiger partial charge in [-0.3, -0.25) is 9.36 Å². The summed E-state index contributed by atoms with van der Waals surface area (Å²) in [6, 6.07) is 8.76. The van der Waals surface area contributed by atoms with Crippen molar-refractivity contribution in [3.8, 4) is 5.75 Å². The third kappa shape index (κ3) is 4.05. The highest BCUT2D eigenvalue weighted by Crippen LogP contribution is 2.34. The molecule has 1 aliphatic rings. The molecule has 0 N–H and O–H groups in total. The molecule has 1 unspecified atom stereocenters. The number of hydrogen-bond donors (Lipinski definition) is 0.